The standard InChI is InChI=1S/C22H28N2O/c1-2-14-24-15-6-7-18(17-24)16-23-22(25)21-12-10-20(11-13-21)19-8-4-3-5-9-19/h3-5,8-13,18H,2,6-7,14-17H2,1H3,(H,23,25)/t18-/m1/s1. The Morgan fingerprint density at radius 3 is 2.52 bits per heavy atom. The Kier molecular flexibility index (Phi) is 6.24. The third kappa shape index (κ3) is 4.93. The zero-order valence-corrected chi connectivity index (χ0v) is 15.1. The Morgan fingerprint density at radius 2 is 1.80 bits per heavy atom. The van der Waals surface area contributed by atoms with Crippen LogP contribution in [0.2, 0.25) is 0 Å². The molecule has 2 aromatic rings. The fourth-order valence-corrected chi connectivity index (χ4v) is 3.62. The Bertz CT molecular complexity index is 664. The number of hydrogen-bond donors (Lipinski definition) is 1. The predicted molar refractivity (Wildman–Crippen MR) is 104 cm³/mol. The Hall–Kier alpha value is -2.13. The summed E-state index contributed by atoms with van der Waals surface area (Å²) in [6.07, 6.45) is 3.66. The minimum atomic E-state index is 0.0345. The van der Waals surface area contributed by atoms with E-state index in [4.69, 9.17) is 0 Å². The molecule has 1 N–H and O–H groups in total. The number of nitrogens with one attached hydrogen (secondary N) is 1. The lowest BCUT2D eigenvalue weighted by Gasteiger charge is -2.32. The summed E-state index contributed by atoms with van der Waals surface area (Å²) >= 11 is 0. The number of likely N-dealkylation sites (tertiary alicyclic amines) is 1. The molecule has 1 fully saturated rings. The van der Waals surface area contributed by atoms with Gasteiger partial charge in [0.05, 0.1) is 0 Å². The van der Waals surface area contributed by atoms with Crippen LogP contribution < -0.4 is 5.32 Å². The zero-order chi connectivity index (χ0) is 17.5. The smallest absolute Gasteiger partial charge is 0.251 e. The first-order valence-electron chi connectivity index (χ1n) is 9.42. The first-order chi connectivity index (χ1) is 12.3. The predicted octanol–water partition coefficient (Wildman–Crippen LogP) is 4.21. The maximum atomic E-state index is 12.4. The van der Waals surface area contributed by atoms with Crippen molar-refractivity contribution < 1.29 is 4.79 Å². The van der Waals surface area contributed by atoms with E-state index in [0.717, 1.165) is 24.2 Å². The van der Waals surface area contributed by atoms with Gasteiger partial charge < -0.3 is 10.2 Å². The van der Waals surface area contributed by atoms with E-state index in [0.29, 0.717) is 5.92 Å². The van der Waals surface area contributed by atoms with Crippen molar-refractivity contribution in [1.29, 1.82) is 0 Å². The van der Waals surface area contributed by atoms with E-state index in [2.05, 4.69) is 29.3 Å². The largest absolute Gasteiger partial charge is 0.352 e. The van der Waals surface area contributed by atoms with Crippen LogP contribution in [0.1, 0.15) is 36.5 Å². The molecule has 3 nitrogen and oxygen atoms in total. The van der Waals surface area contributed by atoms with E-state index < -0.39 is 0 Å². The average molecular weight is 336 g/mol. The van der Waals surface area contributed by atoms with Gasteiger partial charge >= 0.3 is 0 Å². The summed E-state index contributed by atoms with van der Waals surface area (Å²) in [5.41, 5.74) is 3.05. The highest BCUT2D eigenvalue weighted by Crippen LogP contribution is 2.19. The van der Waals surface area contributed by atoms with Crippen molar-refractivity contribution >= 4 is 5.91 Å². The van der Waals surface area contributed by atoms with E-state index in [1.54, 1.807) is 0 Å². The molecule has 25 heavy (non-hydrogen) atoms. The van der Waals surface area contributed by atoms with Gasteiger partial charge in [0.2, 0.25) is 0 Å². The van der Waals surface area contributed by atoms with Gasteiger partial charge in [-0.15, -0.1) is 0 Å². The first-order valence-corrected chi connectivity index (χ1v) is 9.42. The molecule has 1 aliphatic heterocycles. The second kappa shape index (κ2) is 8.82. The normalized spacial score (nSPS) is 18.0. The summed E-state index contributed by atoms with van der Waals surface area (Å²) in [7, 11) is 0. The van der Waals surface area contributed by atoms with Crippen LogP contribution in [0.5, 0.6) is 0 Å². The lowest BCUT2D eigenvalue weighted by molar-refractivity contribution is 0.0932. The second-order valence-electron chi connectivity index (χ2n) is 6.96. The number of hydrogen-bond acceptors (Lipinski definition) is 2. The van der Waals surface area contributed by atoms with E-state index in [1.807, 2.05) is 42.5 Å². The Labute approximate surface area is 151 Å². The number of benzene rings is 2. The van der Waals surface area contributed by atoms with Gasteiger partial charge in [0.1, 0.15) is 0 Å². The van der Waals surface area contributed by atoms with E-state index >= 15 is 0 Å². The fourth-order valence-electron chi connectivity index (χ4n) is 3.62. The van der Waals surface area contributed by atoms with Gasteiger partial charge in [-0.2, -0.15) is 0 Å². The molecule has 1 saturated heterocycles. The summed E-state index contributed by atoms with van der Waals surface area (Å²) in [5.74, 6) is 0.611. The van der Waals surface area contributed by atoms with Gasteiger partial charge in [-0.05, 0) is 61.5 Å². The van der Waals surface area contributed by atoms with Crippen molar-refractivity contribution in [2.45, 2.75) is 26.2 Å². The molecule has 0 bridgehead atoms. The molecule has 3 heteroatoms. The molecule has 3 rings (SSSR count). The Morgan fingerprint density at radius 1 is 1.08 bits per heavy atom. The highest BCUT2D eigenvalue weighted by Gasteiger charge is 2.19. The van der Waals surface area contributed by atoms with Crippen LogP contribution in [0.3, 0.4) is 0 Å². The number of piperidine rings is 1. The van der Waals surface area contributed by atoms with Crippen LogP contribution in [-0.2, 0) is 0 Å². The van der Waals surface area contributed by atoms with Gasteiger partial charge in [0.15, 0.2) is 0 Å². The maximum absolute atomic E-state index is 12.4. The quantitative estimate of drug-likeness (QED) is 0.857. The number of carbonyl (C=O) groups is 1. The van der Waals surface area contributed by atoms with Crippen LogP contribution in [0, 0.1) is 5.92 Å². The molecule has 1 atom stereocenters. The minimum absolute atomic E-state index is 0.0345. The van der Waals surface area contributed by atoms with Crippen molar-refractivity contribution in [1.82, 2.24) is 10.2 Å². The van der Waals surface area contributed by atoms with Gasteiger partial charge in [-0.3, -0.25) is 4.79 Å². The molecule has 0 radical (unpaired) electrons. The van der Waals surface area contributed by atoms with Gasteiger partial charge in [-0.25, -0.2) is 0 Å². The minimum Gasteiger partial charge on any atom is -0.352 e. The average Bonchev–Trinajstić information content (AvgIpc) is 2.67. The summed E-state index contributed by atoms with van der Waals surface area (Å²) in [5, 5.41) is 3.12. The zero-order valence-electron chi connectivity index (χ0n) is 15.1. The molecule has 1 amide bonds. The second-order valence-corrected chi connectivity index (χ2v) is 6.96. The number of nitrogens with zero attached hydrogens (tertiary/aromatic N) is 1. The number of amides is 1. The highest BCUT2D eigenvalue weighted by atomic mass is 16.1. The van der Waals surface area contributed by atoms with Crippen LogP contribution >= 0.6 is 0 Å². The molecule has 0 spiro atoms. The molecular formula is C22H28N2O. The number of rotatable bonds is 6. The molecule has 0 saturated carbocycles. The van der Waals surface area contributed by atoms with Crippen molar-refractivity contribution in [3.05, 3.63) is 60.2 Å². The third-order valence-electron chi connectivity index (χ3n) is 4.95. The van der Waals surface area contributed by atoms with Crippen molar-refractivity contribution in [2.24, 2.45) is 5.92 Å². The van der Waals surface area contributed by atoms with E-state index in [1.165, 1.54) is 37.9 Å². The lowest BCUT2D eigenvalue weighted by Crippen LogP contribution is -2.41. The van der Waals surface area contributed by atoms with Crippen molar-refractivity contribution in [2.75, 3.05) is 26.2 Å². The van der Waals surface area contributed by atoms with E-state index in [-0.39, 0.29) is 5.91 Å². The maximum Gasteiger partial charge on any atom is 0.251 e. The summed E-state index contributed by atoms with van der Waals surface area (Å²) < 4.78 is 0. The summed E-state index contributed by atoms with van der Waals surface area (Å²) in [4.78, 5) is 14.9. The lowest BCUT2D eigenvalue weighted by atomic mass is 9.97. The third-order valence-corrected chi connectivity index (χ3v) is 4.95. The molecule has 0 aliphatic carbocycles. The van der Waals surface area contributed by atoms with Crippen LogP contribution in [-0.4, -0.2) is 37.0 Å². The summed E-state index contributed by atoms with van der Waals surface area (Å²) in [6.45, 7) is 6.50. The molecular weight excluding hydrogens is 308 g/mol. The molecule has 132 valence electrons. The van der Waals surface area contributed by atoms with Crippen molar-refractivity contribution in [3.63, 3.8) is 0 Å². The first kappa shape index (κ1) is 17.7. The summed E-state index contributed by atoms with van der Waals surface area (Å²) in [6, 6.07) is 18.1. The fraction of sp³-hybridized carbons (Fsp3) is 0.409. The monoisotopic (exact) mass is 336 g/mol. The number of carbonyl (C=O) groups excluding carboxylic acids is 1. The SMILES string of the molecule is CCCN1CCC[C@H](CNC(=O)c2ccc(-c3ccccc3)cc2)C1. The van der Waals surface area contributed by atoms with Gasteiger partial charge in [0, 0.05) is 18.7 Å². The van der Waals surface area contributed by atoms with E-state index in [9.17, 15) is 4.79 Å². The van der Waals surface area contributed by atoms with Gasteiger partial charge in [-0.1, -0.05) is 49.4 Å². The molecule has 0 unspecified atom stereocenters. The Balaban J connectivity index is 1.53. The van der Waals surface area contributed by atoms with Gasteiger partial charge in [0.25, 0.3) is 5.91 Å². The van der Waals surface area contributed by atoms with Crippen molar-refractivity contribution in [3.8, 4) is 11.1 Å². The van der Waals surface area contributed by atoms with Crippen LogP contribution in [0.15, 0.2) is 54.6 Å². The topological polar surface area (TPSA) is 32.3 Å². The highest BCUT2D eigenvalue weighted by molar-refractivity contribution is 5.94. The van der Waals surface area contributed by atoms with Crippen LogP contribution in [0.25, 0.3) is 11.1 Å². The molecule has 0 aromatic heterocycles. The van der Waals surface area contributed by atoms with Crippen LogP contribution in [0.4, 0.5) is 0 Å². The molecule has 1 aliphatic rings. The molecule has 1 heterocycles. The molecule has 2 aromatic carbocycles.